The molecule has 0 unspecified atom stereocenters. The Labute approximate surface area is 125 Å². The largest absolute Gasteiger partial charge is 0.481 e. The lowest BCUT2D eigenvalue weighted by molar-refractivity contribution is -0.143. The number of ether oxygens (including phenoxy) is 1. The summed E-state index contributed by atoms with van der Waals surface area (Å²) in [5, 5.41) is 1.58. The van der Waals surface area contributed by atoms with E-state index in [1.54, 1.807) is 5.32 Å². The lowest BCUT2D eigenvalue weighted by Gasteiger charge is -2.17. The van der Waals surface area contributed by atoms with Crippen LogP contribution >= 0.6 is 0 Å². The van der Waals surface area contributed by atoms with Crippen molar-refractivity contribution in [3.63, 3.8) is 0 Å². The van der Waals surface area contributed by atoms with Crippen LogP contribution in [-0.2, 0) is 17.1 Å². The quantitative estimate of drug-likeness (QED) is 0.827. The first-order chi connectivity index (χ1) is 10.3. The van der Waals surface area contributed by atoms with Crippen molar-refractivity contribution in [2.75, 3.05) is 0 Å². The number of carbonyl (C=O) groups excluding carboxylic acids is 2. The maximum absolute atomic E-state index is 12.6. The Morgan fingerprint density at radius 2 is 1.48 bits per heavy atom. The van der Waals surface area contributed by atoms with E-state index in [0.717, 1.165) is 6.92 Å². The Hall–Kier alpha value is -2.46. The highest BCUT2D eigenvalue weighted by Crippen LogP contribution is 2.38. The summed E-state index contributed by atoms with van der Waals surface area (Å²) in [6, 6.07) is -0.710. The Morgan fingerprint density at radius 3 is 1.83 bits per heavy atom. The Kier molecular flexibility index (Phi) is 5.13. The van der Waals surface area contributed by atoms with Gasteiger partial charge in [0.15, 0.2) is 6.10 Å². The number of imide groups is 1. The van der Waals surface area contributed by atoms with Crippen LogP contribution in [-0.4, -0.2) is 18.0 Å². The predicted molar refractivity (Wildman–Crippen MR) is 64.3 cm³/mol. The highest BCUT2D eigenvalue weighted by Gasteiger charge is 2.37. The summed E-state index contributed by atoms with van der Waals surface area (Å²) in [6.07, 6.45) is -11.6. The molecule has 128 valence electrons. The van der Waals surface area contributed by atoms with Gasteiger partial charge in [-0.15, -0.1) is 0 Å². The molecule has 23 heavy (non-hydrogen) atoms. The average Bonchev–Trinajstić information content (AvgIpc) is 2.35. The van der Waals surface area contributed by atoms with Crippen molar-refractivity contribution in [3.8, 4) is 5.75 Å². The van der Waals surface area contributed by atoms with Crippen molar-refractivity contribution in [1.82, 2.24) is 5.32 Å². The van der Waals surface area contributed by atoms with Gasteiger partial charge in [0.25, 0.3) is 5.91 Å². The maximum Gasteiger partial charge on any atom is 0.416 e. The van der Waals surface area contributed by atoms with E-state index in [0.29, 0.717) is 12.1 Å². The molecule has 1 rings (SSSR count). The summed E-state index contributed by atoms with van der Waals surface area (Å²) in [4.78, 5) is 21.8. The number of carbonyl (C=O) groups is 2. The van der Waals surface area contributed by atoms with E-state index in [4.69, 9.17) is 4.74 Å². The Balaban J connectivity index is 3.15. The molecule has 1 aromatic rings. The summed E-state index contributed by atoms with van der Waals surface area (Å²) in [5.74, 6) is -1.96. The Bertz CT molecular complexity index is 580. The molecule has 0 bridgehead atoms. The number of nitrogens with one attached hydrogen (secondary N) is 1. The van der Waals surface area contributed by atoms with E-state index in [9.17, 15) is 35.9 Å². The molecule has 0 aliphatic heterocycles. The zero-order chi connectivity index (χ0) is 18.0. The molecule has 0 radical (unpaired) electrons. The minimum Gasteiger partial charge on any atom is -0.481 e. The summed E-state index contributed by atoms with van der Waals surface area (Å²) < 4.78 is 80.6. The van der Waals surface area contributed by atoms with Gasteiger partial charge in [-0.25, -0.2) is 4.79 Å². The number of nitrogens with two attached hydrogens (primary N) is 1. The van der Waals surface area contributed by atoms with Gasteiger partial charge >= 0.3 is 18.4 Å². The smallest absolute Gasteiger partial charge is 0.416 e. The lowest BCUT2D eigenvalue weighted by atomic mass is 10.1. The van der Waals surface area contributed by atoms with Gasteiger partial charge in [-0.2, -0.15) is 26.3 Å². The molecule has 3 amide bonds. The molecular formula is C12H10F6N2O3. The molecular weight excluding hydrogens is 334 g/mol. The van der Waals surface area contributed by atoms with Crippen molar-refractivity contribution < 1.29 is 40.7 Å². The lowest BCUT2D eigenvalue weighted by Crippen LogP contribution is -2.42. The average molecular weight is 344 g/mol. The number of hydrogen-bond donors (Lipinski definition) is 2. The van der Waals surface area contributed by atoms with Crippen LogP contribution in [0.15, 0.2) is 18.2 Å². The number of benzene rings is 1. The fourth-order valence-electron chi connectivity index (χ4n) is 1.48. The molecule has 0 aromatic heterocycles. The van der Waals surface area contributed by atoms with E-state index in [1.165, 1.54) is 0 Å². The highest BCUT2D eigenvalue weighted by molar-refractivity contribution is 5.95. The fraction of sp³-hybridized carbons (Fsp3) is 0.333. The number of halogens is 6. The molecule has 3 N–H and O–H groups in total. The third-order valence-electron chi connectivity index (χ3n) is 2.49. The molecule has 0 fully saturated rings. The van der Waals surface area contributed by atoms with E-state index < -0.39 is 47.3 Å². The van der Waals surface area contributed by atoms with Crippen LogP contribution in [0.4, 0.5) is 31.1 Å². The molecule has 0 spiro atoms. The number of alkyl halides is 6. The molecule has 1 aromatic carbocycles. The van der Waals surface area contributed by atoms with Crippen LogP contribution in [0.2, 0.25) is 0 Å². The number of primary amides is 1. The summed E-state index contributed by atoms with van der Waals surface area (Å²) >= 11 is 0. The van der Waals surface area contributed by atoms with E-state index in [2.05, 4.69) is 5.73 Å². The van der Waals surface area contributed by atoms with Crippen molar-refractivity contribution in [3.05, 3.63) is 29.3 Å². The summed E-state index contributed by atoms with van der Waals surface area (Å²) in [5.41, 5.74) is 1.48. The first-order valence-corrected chi connectivity index (χ1v) is 5.87. The van der Waals surface area contributed by atoms with Gasteiger partial charge in [0.1, 0.15) is 5.75 Å². The topological polar surface area (TPSA) is 81.4 Å². The van der Waals surface area contributed by atoms with Crippen molar-refractivity contribution in [2.45, 2.75) is 25.4 Å². The number of urea groups is 1. The standard InChI is InChI=1S/C12H10F6N2O3/c1-5(9(21)20-10(19)22)23-8-3-6(11(13,14)15)2-7(4-8)12(16,17)18/h2-5H,1H3,(H3,19,20,21,22)/t5-/m1/s1. The van der Waals surface area contributed by atoms with Crippen LogP contribution in [0.1, 0.15) is 18.1 Å². The van der Waals surface area contributed by atoms with Crippen LogP contribution < -0.4 is 15.8 Å². The number of rotatable bonds is 3. The minimum atomic E-state index is -5.04. The van der Waals surface area contributed by atoms with E-state index in [1.807, 2.05) is 0 Å². The second-order valence-electron chi connectivity index (χ2n) is 4.36. The zero-order valence-corrected chi connectivity index (χ0v) is 11.4. The SMILES string of the molecule is C[C@@H](Oc1cc(C(F)(F)F)cc(C(F)(F)F)c1)C(=O)NC(N)=O. The summed E-state index contributed by atoms with van der Waals surface area (Å²) in [7, 11) is 0. The first-order valence-electron chi connectivity index (χ1n) is 5.87. The minimum absolute atomic E-state index is 0.0823. The van der Waals surface area contributed by atoms with Crippen LogP contribution in [0, 0.1) is 0 Å². The highest BCUT2D eigenvalue weighted by atomic mass is 19.4. The second-order valence-corrected chi connectivity index (χ2v) is 4.36. The van der Waals surface area contributed by atoms with Crippen LogP contribution in [0.25, 0.3) is 0 Å². The van der Waals surface area contributed by atoms with Gasteiger partial charge in [-0.05, 0) is 25.1 Å². The monoisotopic (exact) mass is 344 g/mol. The van der Waals surface area contributed by atoms with Gasteiger partial charge in [0, 0.05) is 0 Å². The van der Waals surface area contributed by atoms with Crippen molar-refractivity contribution in [2.24, 2.45) is 5.73 Å². The van der Waals surface area contributed by atoms with Crippen molar-refractivity contribution in [1.29, 1.82) is 0 Å². The first kappa shape index (κ1) is 18.6. The second kappa shape index (κ2) is 6.34. The normalized spacial score (nSPS) is 13.3. The molecule has 0 aliphatic rings. The number of amides is 3. The number of hydrogen-bond acceptors (Lipinski definition) is 3. The molecule has 1 atom stereocenters. The van der Waals surface area contributed by atoms with Gasteiger partial charge in [-0.3, -0.25) is 10.1 Å². The fourth-order valence-corrected chi connectivity index (χ4v) is 1.48. The molecule has 5 nitrogen and oxygen atoms in total. The van der Waals surface area contributed by atoms with E-state index >= 15 is 0 Å². The van der Waals surface area contributed by atoms with Gasteiger partial charge < -0.3 is 10.5 Å². The maximum atomic E-state index is 12.6. The molecule has 0 heterocycles. The molecule has 0 saturated heterocycles. The molecule has 11 heteroatoms. The Morgan fingerprint density at radius 1 is 1.04 bits per heavy atom. The molecule has 0 saturated carbocycles. The van der Waals surface area contributed by atoms with Crippen LogP contribution in [0.5, 0.6) is 5.75 Å². The van der Waals surface area contributed by atoms with Gasteiger partial charge in [0.2, 0.25) is 0 Å². The van der Waals surface area contributed by atoms with Crippen LogP contribution in [0.3, 0.4) is 0 Å². The van der Waals surface area contributed by atoms with E-state index in [-0.39, 0.29) is 6.07 Å². The summed E-state index contributed by atoms with van der Waals surface area (Å²) in [6.45, 7) is 1.02. The van der Waals surface area contributed by atoms with Gasteiger partial charge in [-0.1, -0.05) is 0 Å². The van der Waals surface area contributed by atoms with Gasteiger partial charge in [0.05, 0.1) is 11.1 Å². The molecule has 0 aliphatic carbocycles. The predicted octanol–water partition coefficient (Wildman–Crippen LogP) is 2.69. The zero-order valence-electron chi connectivity index (χ0n) is 11.4. The third kappa shape index (κ3) is 5.34. The van der Waals surface area contributed by atoms with Crippen molar-refractivity contribution >= 4 is 11.9 Å². The third-order valence-corrected chi connectivity index (χ3v) is 2.49.